The fraction of sp³-hybridized carbons (Fsp3) is 0.556. The zero-order chi connectivity index (χ0) is 27.6. The summed E-state index contributed by atoms with van der Waals surface area (Å²) >= 11 is 6.38. The molecule has 3 aliphatic heterocycles. The van der Waals surface area contributed by atoms with E-state index < -0.39 is 36.1 Å². The molecule has 5 heterocycles. The van der Waals surface area contributed by atoms with Crippen LogP contribution < -0.4 is 14.8 Å². The monoisotopic (exact) mass is 579 g/mol. The molecule has 1 aromatic carbocycles. The van der Waals surface area contributed by atoms with Crippen LogP contribution in [0.4, 0.5) is 14.6 Å². The van der Waals surface area contributed by atoms with Crippen molar-refractivity contribution in [3.63, 3.8) is 0 Å². The van der Waals surface area contributed by atoms with Gasteiger partial charge >= 0.3 is 0 Å². The Balaban J connectivity index is 1.05. The Morgan fingerprint density at radius 2 is 1.85 bits per heavy atom. The van der Waals surface area contributed by atoms with Gasteiger partial charge in [-0.05, 0) is 38.4 Å². The zero-order valence-corrected chi connectivity index (χ0v) is 22.6. The van der Waals surface area contributed by atoms with Crippen LogP contribution in [0.1, 0.15) is 31.2 Å². The van der Waals surface area contributed by atoms with E-state index >= 15 is 0 Å². The lowest BCUT2D eigenvalue weighted by atomic mass is 10.1. The number of nitrogens with zero attached hydrogens (tertiary/aromatic N) is 3. The average molecular weight is 580 g/mol. The molecule has 3 aliphatic rings. The van der Waals surface area contributed by atoms with Crippen molar-refractivity contribution in [1.29, 1.82) is 0 Å². The largest absolute Gasteiger partial charge is 0.493 e. The number of hydrogen-bond acceptors (Lipinski definition) is 9. The highest BCUT2D eigenvalue weighted by molar-refractivity contribution is 6.33. The Morgan fingerprint density at radius 3 is 2.65 bits per heavy atom. The second-order valence-electron chi connectivity index (χ2n) is 10.4. The van der Waals surface area contributed by atoms with Gasteiger partial charge in [0.15, 0.2) is 11.8 Å². The third-order valence-corrected chi connectivity index (χ3v) is 7.82. The first kappa shape index (κ1) is 27.4. The third-order valence-electron chi connectivity index (χ3n) is 7.53. The van der Waals surface area contributed by atoms with Gasteiger partial charge in [0.25, 0.3) is 6.01 Å². The van der Waals surface area contributed by atoms with Gasteiger partial charge in [-0.1, -0.05) is 18.0 Å². The highest BCUT2D eigenvalue weighted by atomic mass is 35.5. The fourth-order valence-corrected chi connectivity index (χ4v) is 5.65. The normalized spacial score (nSPS) is 24.9. The molecule has 0 unspecified atom stereocenters. The van der Waals surface area contributed by atoms with Crippen LogP contribution >= 0.6 is 11.6 Å². The van der Waals surface area contributed by atoms with Crippen molar-refractivity contribution in [2.24, 2.45) is 0 Å². The SMILES string of the molecule is O[C@@H]1CO[C@H]2[C@@H]1OC[C@H]2Oc1nc2nc(NCc3c(F)cc(OCCCN4CCCCC4)cc3F)c(Cl)cc2[nH]1. The van der Waals surface area contributed by atoms with E-state index in [4.69, 9.17) is 30.5 Å². The molecule has 0 saturated carbocycles. The van der Waals surface area contributed by atoms with Gasteiger partial charge < -0.3 is 39.3 Å². The van der Waals surface area contributed by atoms with E-state index in [-0.39, 0.29) is 47.9 Å². The van der Waals surface area contributed by atoms with E-state index in [1.54, 1.807) is 6.07 Å². The number of hydrogen-bond donors (Lipinski definition) is 3. The van der Waals surface area contributed by atoms with Crippen molar-refractivity contribution in [2.75, 3.05) is 44.8 Å². The van der Waals surface area contributed by atoms with Crippen LogP contribution in [0, 0.1) is 11.6 Å². The Bertz CT molecular complexity index is 1320. The minimum atomic E-state index is -0.720. The van der Waals surface area contributed by atoms with Crippen LogP contribution in [0.25, 0.3) is 11.2 Å². The summed E-state index contributed by atoms with van der Waals surface area (Å²) in [5, 5.41) is 13.0. The minimum absolute atomic E-state index is 0.154. The highest BCUT2D eigenvalue weighted by Crippen LogP contribution is 2.31. The molecular weight excluding hydrogens is 548 g/mol. The first-order valence-electron chi connectivity index (χ1n) is 13.7. The maximum atomic E-state index is 14.8. The molecule has 13 heteroatoms. The molecule has 0 radical (unpaired) electrons. The van der Waals surface area contributed by atoms with Crippen molar-refractivity contribution in [1.82, 2.24) is 19.9 Å². The average Bonchev–Trinajstić information content (AvgIpc) is 3.63. The number of aliphatic hydroxyl groups is 1. The number of halogens is 3. The Morgan fingerprint density at radius 1 is 1.07 bits per heavy atom. The van der Waals surface area contributed by atoms with Gasteiger partial charge in [-0.2, -0.15) is 4.98 Å². The van der Waals surface area contributed by atoms with Crippen molar-refractivity contribution in [3.05, 3.63) is 40.4 Å². The molecule has 216 valence electrons. The van der Waals surface area contributed by atoms with Crippen molar-refractivity contribution < 1.29 is 32.8 Å². The molecule has 0 amide bonds. The van der Waals surface area contributed by atoms with E-state index in [0.717, 1.165) is 26.1 Å². The van der Waals surface area contributed by atoms with Crippen molar-refractivity contribution in [2.45, 2.75) is 56.6 Å². The fourth-order valence-electron chi connectivity index (χ4n) is 5.43. The van der Waals surface area contributed by atoms with Crippen LogP contribution in [0.5, 0.6) is 11.8 Å². The lowest BCUT2D eigenvalue weighted by Gasteiger charge is -2.26. The number of ether oxygens (including phenoxy) is 4. The molecule has 40 heavy (non-hydrogen) atoms. The molecule has 3 N–H and O–H groups in total. The van der Waals surface area contributed by atoms with Gasteiger partial charge in [0, 0.05) is 30.8 Å². The predicted octanol–water partition coefficient (Wildman–Crippen LogP) is 3.66. The highest BCUT2D eigenvalue weighted by Gasteiger charge is 2.48. The minimum Gasteiger partial charge on any atom is -0.493 e. The molecular formula is C27H32ClF2N5O5. The molecule has 3 fully saturated rings. The summed E-state index contributed by atoms with van der Waals surface area (Å²) in [6.07, 6.45) is 2.57. The second-order valence-corrected chi connectivity index (χ2v) is 10.8. The molecule has 6 rings (SSSR count). The first-order chi connectivity index (χ1) is 19.4. The molecule has 4 atom stereocenters. The number of piperidine rings is 1. The number of rotatable bonds is 10. The Hall–Kier alpha value is -2.77. The van der Waals surface area contributed by atoms with Crippen LogP contribution in [-0.2, 0) is 16.0 Å². The van der Waals surface area contributed by atoms with Gasteiger partial charge in [-0.25, -0.2) is 13.8 Å². The van der Waals surface area contributed by atoms with Crippen molar-refractivity contribution >= 4 is 28.6 Å². The number of aromatic nitrogens is 3. The van der Waals surface area contributed by atoms with E-state index in [9.17, 15) is 13.9 Å². The number of likely N-dealkylation sites (tertiary alicyclic amines) is 1. The molecule has 0 aliphatic carbocycles. The number of imidazole rings is 1. The van der Waals surface area contributed by atoms with E-state index in [2.05, 4.69) is 25.2 Å². The maximum Gasteiger partial charge on any atom is 0.296 e. The number of anilines is 1. The predicted molar refractivity (Wildman–Crippen MR) is 143 cm³/mol. The first-order valence-corrected chi connectivity index (χ1v) is 14.0. The second kappa shape index (κ2) is 12.0. The van der Waals surface area contributed by atoms with E-state index in [0.29, 0.717) is 17.8 Å². The lowest BCUT2D eigenvalue weighted by molar-refractivity contribution is 0.00706. The van der Waals surface area contributed by atoms with Crippen LogP contribution in [0.2, 0.25) is 5.02 Å². The molecule has 2 aromatic heterocycles. The molecule has 10 nitrogen and oxygen atoms in total. The smallest absolute Gasteiger partial charge is 0.296 e. The van der Waals surface area contributed by atoms with Gasteiger partial charge in [0.2, 0.25) is 0 Å². The lowest BCUT2D eigenvalue weighted by Crippen LogP contribution is -2.34. The van der Waals surface area contributed by atoms with Gasteiger partial charge in [0.05, 0.1) is 30.4 Å². The molecule has 3 aromatic rings. The van der Waals surface area contributed by atoms with E-state index in [1.165, 1.54) is 31.4 Å². The number of pyridine rings is 1. The van der Waals surface area contributed by atoms with Crippen LogP contribution in [-0.4, -0.2) is 88.8 Å². The molecule has 3 saturated heterocycles. The number of nitrogens with one attached hydrogen (secondary N) is 2. The van der Waals surface area contributed by atoms with Gasteiger partial charge in [-0.3, -0.25) is 0 Å². The van der Waals surface area contributed by atoms with Crippen LogP contribution in [0.15, 0.2) is 18.2 Å². The third kappa shape index (κ3) is 5.96. The number of H-pyrrole nitrogens is 1. The summed E-state index contributed by atoms with van der Waals surface area (Å²) in [6, 6.07) is 4.18. The Labute approximate surface area is 234 Å². The quantitative estimate of drug-likeness (QED) is 0.310. The van der Waals surface area contributed by atoms with Gasteiger partial charge in [-0.15, -0.1) is 0 Å². The standard InChI is InChI=1S/C27H32ClF2N5O5/c28-17-11-20-26(34-27(32-20)40-22-14-39-23-21(36)13-38-24(22)23)33-25(17)31-12-16-18(29)9-15(10-19(16)30)37-8-4-7-35-5-2-1-3-6-35/h9-11,21-24,36H,1-8,12-14H2,(H2,31,32,33,34)/t21-,22-,23-,24-/m1/s1. The number of benzene rings is 1. The molecule has 0 bridgehead atoms. The number of fused-ring (bicyclic) bond motifs is 2. The summed E-state index contributed by atoms with van der Waals surface area (Å²) in [5.41, 5.74) is 0.672. The zero-order valence-electron chi connectivity index (χ0n) is 21.9. The summed E-state index contributed by atoms with van der Waals surface area (Å²) in [4.78, 5) is 14.1. The summed E-state index contributed by atoms with van der Waals surface area (Å²) < 4.78 is 52.2. The topological polar surface area (TPSA) is 114 Å². The van der Waals surface area contributed by atoms with Gasteiger partial charge in [0.1, 0.15) is 41.5 Å². The summed E-state index contributed by atoms with van der Waals surface area (Å²) in [5.74, 6) is -1.06. The Kier molecular flexibility index (Phi) is 8.22. The maximum absolute atomic E-state index is 14.8. The number of aromatic amines is 1. The summed E-state index contributed by atoms with van der Waals surface area (Å²) in [6.45, 7) is 3.78. The summed E-state index contributed by atoms with van der Waals surface area (Å²) in [7, 11) is 0. The van der Waals surface area contributed by atoms with E-state index in [1.807, 2.05) is 0 Å². The van der Waals surface area contributed by atoms with Crippen LogP contribution in [0.3, 0.4) is 0 Å². The van der Waals surface area contributed by atoms with Crippen molar-refractivity contribution in [3.8, 4) is 11.8 Å². The molecule has 0 spiro atoms. The number of aliphatic hydroxyl groups excluding tert-OH is 1.